The molecule has 0 saturated carbocycles. The van der Waals surface area contributed by atoms with Gasteiger partial charge in [0, 0.05) is 18.8 Å². The van der Waals surface area contributed by atoms with Crippen molar-refractivity contribution in [3.05, 3.63) is 23.8 Å². The second-order valence-corrected chi connectivity index (χ2v) is 3.32. The third-order valence-corrected chi connectivity index (χ3v) is 2.16. The first-order chi connectivity index (χ1) is 8.08. The standard InChI is InChI=1S/C11H15N3O3/c1-13-10(15)6-14-11(16)8-4-3-7(12)5-9(8)17-2/h3-5H,6,12H2,1-2H3,(H,13,15)(H,14,16). The molecule has 17 heavy (non-hydrogen) atoms. The highest BCUT2D eigenvalue weighted by atomic mass is 16.5. The molecule has 0 fully saturated rings. The Kier molecular flexibility index (Phi) is 4.33. The third-order valence-electron chi connectivity index (χ3n) is 2.16. The van der Waals surface area contributed by atoms with Crippen molar-refractivity contribution in [2.24, 2.45) is 0 Å². The molecule has 0 unspecified atom stereocenters. The van der Waals surface area contributed by atoms with Crippen LogP contribution in [-0.4, -0.2) is 32.5 Å². The van der Waals surface area contributed by atoms with Gasteiger partial charge >= 0.3 is 0 Å². The number of nitrogen functional groups attached to an aromatic ring is 1. The lowest BCUT2D eigenvalue weighted by Crippen LogP contribution is -2.35. The van der Waals surface area contributed by atoms with Crippen molar-refractivity contribution in [2.75, 3.05) is 26.4 Å². The summed E-state index contributed by atoms with van der Waals surface area (Å²) in [5.41, 5.74) is 6.41. The maximum atomic E-state index is 11.7. The Hall–Kier alpha value is -2.24. The maximum absolute atomic E-state index is 11.7. The molecule has 0 aliphatic rings. The van der Waals surface area contributed by atoms with E-state index in [-0.39, 0.29) is 18.4 Å². The number of nitrogens with one attached hydrogen (secondary N) is 2. The topological polar surface area (TPSA) is 93.5 Å². The lowest BCUT2D eigenvalue weighted by atomic mass is 10.1. The van der Waals surface area contributed by atoms with E-state index in [4.69, 9.17) is 10.5 Å². The number of methoxy groups -OCH3 is 1. The summed E-state index contributed by atoms with van der Waals surface area (Å²) in [6.45, 7) is -0.0805. The Morgan fingerprint density at radius 2 is 2.12 bits per heavy atom. The summed E-state index contributed by atoms with van der Waals surface area (Å²) in [5, 5.41) is 4.88. The molecule has 6 nitrogen and oxygen atoms in total. The minimum Gasteiger partial charge on any atom is -0.496 e. The Morgan fingerprint density at radius 3 is 2.71 bits per heavy atom. The van der Waals surface area contributed by atoms with Gasteiger partial charge in [-0.2, -0.15) is 0 Å². The molecular weight excluding hydrogens is 222 g/mol. The molecule has 0 aliphatic heterocycles. The molecule has 6 heteroatoms. The van der Waals surface area contributed by atoms with Crippen LogP contribution in [-0.2, 0) is 4.79 Å². The monoisotopic (exact) mass is 237 g/mol. The summed E-state index contributed by atoms with van der Waals surface area (Å²) in [7, 11) is 2.95. The molecule has 1 aromatic rings. The van der Waals surface area contributed by atoms with Gasteiger partial charge in [0.25, 0.3) is 5.91 Å². The number of ether oxygens (including phenoxy) is 1. The van der Waals surface area contributed by atoms with Gasteiger partial charge in [-0.15, -0.1) is 0 Å². The largest absolute Gasteiger partial charge is 0.496 e. The minimum atomic E-state index is -0.384. The number of carbonyl (C=O) groups excluding carboxylic acids is 2. The van der Waals surface area contributed by atoms with Crippen molar-refractivity contribution in [1.29, 1.82) is 0 Å². The Bertz CT molecular complexity index is 432. The molecule has 0 atom stereocenters. The van der Waals surface area contributed by atoms with Gasteiger partial charge in [-0.25, -0.2) is 0 Å². The van der Waals surface area contributed by atoms with Crippen LogP contribution in [0, 0.1) is 0 Å². The van der Waals surface area contributed by atoms with Crippen molar-refractivity contribution in [2.45, 2.75) is 0 Å². The second kappa shape index (κ2) is 5.74. The predicted molar refractivity (Wildman–Crippen MR) is 63.8 cm³/mol. The van der Waals surface area contributed by atoms with E-state index in [0.717, 1.165) is 0 Å². The first-order valence-electron chi connectivity index (χ1n) is 5.00. The number of benzene rings is 1. The molecule has 0 bridgehead atoms. The Labute approximate surface area is 99.1 Å². The van der Waals surface area contributed by atoms with E-state index in [1.54, 1.807) is 18.2 Å². The van der Waals surface area contributed by atoms with Gasteiger partial charge in [-0.05, 0) is 12.1 Å². The summed E-state index contributed by atoms with van der Waals surface area (Å²) in [4.78, 5) is 22.7. The number of rotatable bonds is 4. The van der Waals surface area contributed by atoms with Crippen molar-refractivity contribution in [3.63, 3.8) is 0 Å². The molecule has 0 radical (unpaired) electrons. The van der Waals surface area contributed by atoms with Crippen LogP contribution in [0.15, 0.2) is 18.2 Å². The molecule has 1 aromatic carbocycles. The smallest absolute Gasteiger partial charge is 0.255 e. The normalized spacial score (nSPS) is 9.53. The van der Waals surface area contributed by atoms with E-state index in [9.17, 15) is 9.59 Å². The second-order valence-electron chi connectivity index (χ2n) is 3.32. The highest BCUT2D eigenvalue weighted by Crippen LogP contribution is 2.21. The number of anilines is 1. The lowest BCUT2D eigenvalue weighted by Gasteiger charge is -2.09. The van der Waals surface area contributed by atoms with Crippen LogP contribution < -0.4 is 21.1 Å². The number of amides is 2. The molecule has 0 spiro atoms. The average molecular weight is 237 g/mol. The van der Waals surface area contributed by atoms with Crippen molar-refractivity contribution >= 4 is 17.5 Å². The molecule has 0 aliphatic carbocycles. The zero-order chi connectivity index (χ0) is 12.8. The first-order valence-corrected chi connectivity index (χ1v) is 5.00. The highest BCUT2D eigenvalue weighted by Gasteiger charge is 2.12. The summed E-state index contributed by atoms with van der Waals surface area (Å²) in [5.74, 6) is -0.280. The van der Waals surface area contributed by atoms with Crippen LogP contribution in [0.5, 0.6) is 5.75 Å². The van der Waals surface area contributed by atoms with Gasteiger partial charge in [0.2, 0.25) is 5.91 Å². The highest BCUT2D eigenvalue weighted by molar-refractivity contribution is 5.99. The minimum absolute atomic E-state index is 0.0805. The fourth-order valence-corrected chi connectivity index (χ4v) is 1.24. The number of hydrogen-bond acceptors (Lipinski definition) is 4. The first kappa shape index (κ1) is 12.8. The Morgan fingerprint density at radius 1 is 1.41 bits per heavy atom. The maximum Gasteiger partial charge on any atom is 0.255 e. The quantitative estimate of drug-likeness (QED) is 0.630. The van der Waals surface area contributed by atoms with Gasteiger partial charge in [0.15, 0.2) is 0 Å². The van der Waals surface area contributed by atoms with E-state index < -0.39 is 0 Å². The zero-order valence-corrected chi connectivity index (χ0v) is 9.74. The number of likely N-dealkylation sites (N-methyl/N-ethyl adjacent to an activating group) is 1. The van der Waals surface area contributed by atoms with Gasteiger partial charge in [0.1, 0.15) is 5.75 Å². The van der Waals surface area contributed by atoms with Crippen LogP contribution in [0.3, 0.4) is 0 Å². The third kappa shape index (κ3) is 3.37. The molecule has 0 saturated heterocycles. The van der Waals surface area contributed by atoms with Gasteiger partial charge in [-0.3, -0.25) is 9.59 Å². The number of hydrogen-bond donors (Lipinski definition) is 3. The van der Waals surface area contributed by atoms with Crippen LogP contribution in [0.25, 0.3) is 0 Å². The van der Waals surface area contributed by atoms with E-state index in [0.29, 0.717) is 17.0 Å². The van der Waals surface area contributed by atoms with Crippen molar-refractivity contribution in [3.8, 4) is 5.75 Å². The summed E-state index contributed by atoms with van der Waals surface area (Å²) >= 11 is 0. The van der Waals surface area contributed by atoms with Crippen molar-refractivity contribution < 1.29 is 14.3 Å². The fourth-order valence-electron chi connectivity index (χ4n) is 1.24. The van der Waals surface area contributed by atoms with E-state index in [1.807, 2.05) is 0 Å². The summed E-state index contributed by atoms with van der Waals surface area (Å²) in [6.07, 6.45) is 0. The van der Waals surface area contributed by atoms with E-state index in [2.05, 4.69) is 10.6 Å². The van der Waals surface area contributed by atoms with Crippen LogP contribution in [0.4, 0.5) is 5.69 Å². The lowest BCUT2D eigenvalue weighted by molar-refractivity contribution is -0.119. The molecule has 0 heterocycles. The van der Waals surface area contributed by atoms with Crippen LogP contribution in [0.1, 0.15) is 10.4 Å². The fraction of sp³-hybridized carbons (Fsp3) is 0.273. The molecular formula is C11H15N3O3. The summed E-state index contributed by atoms with van der Waals surface area (Å²) in [6, 6.07) is 4.69. The number of carbonyl (C=O) groups is 2. The van der Waals surface area contributed by atoms with Gasteiger partial charge in [0.05, 0.1) is 19.2 Å². The molecule has 92 valence electrons. The van der Waals surface area contributed by atoms with Gasteiger partial charge in [-0.1, -0.05) is 0 Å². The molecule has 4 N–H and O–H groups in total. The molecule has 0 aromatic heterocycles. The van der Waals surface area contributed by atoms with E-state index >= 15 is 0 Å². The van der Waals surface area contributed by atoms with Crippen LogP contribution in [0.2, 0.25) is 0 Å². The average Bonchev–Trinajstić information content (AvgIpc) is 2.35. The molecule has 2 amide bonds. The SMILES string of the molecule is CNC(=O)CNC(=O)c1ccc(N)cc1OC. The van der Waals surface area contributed by atoms with Crippen molar-refractivity contribution in [1.82, 2.24) is 10.6 Å². The van der Waals surface area contributed by atoms with Crippen LogP contribution >= 0.6 is 0 Å². The number of nitrogens with two attached hydrogens (primary N) is 1. The van der Waals surface area contributed by atoms with E-state index in [1.165, 1.54) is 14.2 Å². The summed E-state index contributed by atoms with van der Waals surface area (Å²) < 4.78 is 5.04. The zero-order valence-electron chi connectivity index (χ0n) is 9.74. The molecule has 1 rings (SSSR count). The van der Waals surface area contributed by atoms with Gasteiger partial charge < -0.3 is 21.1 Å². The predicted octanol–water partition coefficient (Wildman–Crippen LogP) is -0.247. The Balaban J connectivity index is 2.78.